The van der Waals surface area contributed by atoms with E-state index in [1.54, 1.807) is 0 Å². The fourth-order valence-corrected chi connectivity index (χ4v) is 3.67. The van der Waals surface area contributed by atoms with Crippen LogP contribution >= 0.6 is 24.0 Å². The van der Waals surface area contributed by atoms with Crippen molar-refractivity contribution >= 4 is 35.8 Å². The summed E-state index contributed by atoms with van der Waals surface area (Å²) in [5.74, 6) is 1.10. The summed E-state index contributed by atoms with van der Waals surface area (Å²) >= 11 is 0. The summed E-state index contributed by atoms with van der Waals surface area (Å²) in [7, 11) is 2.06. The second kappa shape index (κ2) is 11.9. The molecule has 3 rings (SSSR count). The molecule has 1 amide bonds. The number of aliphatic imine (C=N–C) groups is 1. The van der Waals surface area contributed by atoms with Gasteiger partial charge in [0.15, 0.2) is 5.96 Å². The number of hydrogen-bond donors (Lipinski definition) is 1. The Labute approximate surface area is 197 Å². The maximum atomic E-state index is 12.5. The number of halogens is 1. The summed E-state index contributed by atoms with van der Waals surface area (Å²) in [6.45, 7) is 7.96. The van der Waals surface area contributed by atoms with Gasteiger partial charge >= 0.3 is 0 Å². The lowest BCUT2D eigenvalue weighted by Gasteiger charge is -2.23. The van der Waals surface area contributed by atoms with Gasteiger partial charge in [-0.15, -0.1) is 24.0 Å². The molecular formula is C24H33IN4O. The van der Waals surface area contributed by atoms with E-state index in [1.807, 2.05) is 17.0 Å². The van der Waals surface area contributed by atoms with Crippen LogP contribution in [0.25, 0.3) is 0 Å². The monoisotopic (exact) mass is 520 g/mol. The van der Waals surface area contributed by atoms with Gasteiger partial charge in [0.25, 0.3) is 0 Å². The van der Waals surface area contributed by atoms with Gasteiger partial charge in [-0.3, -0.25) is 9.79 Å². The van der Waals surface area contributed by atoms with E-state index < -0.39 is 0 Å². The number of guanidine groups is 1. The van der Waals surface area contributed by atoms with Crippen molar-refractivity contribution in [2.45, 2.75) is 46.3 Å². The number of nitrogens with zero attached hydrogens (tertiary/aromatic N) is 3. The molecule has 1 heterocycles. The highest BCUT2D eigenvalue weighted by atomic mass is 127. The van der Waals surface area contributed by atoms with Crippen LogP contribution in [0.1, 0.15) is 42.0 Å². The molecule has 0 atom stereocenters. The van der Waals surface area contributed by atoms with Gasteiger partial charge < -0.3 is 15.1 Å². The number of carbonyl (C=O) groups is 1. The van der Waals surface area contributed by atoms with E-state index in [4.69, 9.17) is 4.99 Å². The number of aryl methyl sites for hydroxylation is 1. The summed E-state index contributed by atoms with van der Waals surface area (Å²) in [6.07, 6.45) is 1.30. The first kappa shape index (κ1) is 24.2. The Hall–Kier alpha value is -2.09. The Kier molecular flexibility index (Phi) is 9.62. The van der Waals surface area contributed by atoms with Gasteiger partial charge in [0, 0.05) is 46.2 Å². The van der Waals surface area contributed by atoms with Crippen molar-refractivity contribution in [3.05, 3.63) is 70.8 Å². The van der Waals surface area contributed by atoms with Crippen molar-refractivity contribution in [3.8, 4) is 0 Å². The molecule has 1 N–H and O–H groups in total. The summed E-state index contributed by atoms with van der Waals surface area (Å²) < 4.78 is 0. The average Bonchev–Trinajstić information content (AvgIpc) is 3.16. The fraction of sp³-hybridized carbons (Fsp3) is 0.417. The average molecular weight is 520 g/mol. The smallest absolute Gasteiger partial charge is 0.223 e. The molecule has 0 saturated carbocycles. The van der Waals surface area contributed by atoms with Gasteiger partial charge in [-0.25, -0.2) is 0 Å². The molecule has 30 heavy (non-hydrogen) atoms. The lowest BCUT2D eigenvalue weighted by Crippen LogP contribution is -2.38. The lowest BCUT2D eigenvalue weighted by molar-refractivity contribution is -0.131. The van der Waals surface area contributed by atoms with Crippen LogP contribution in [0.4, 0.5) is 0 Å². The Bertz CT molecular complexity index is 843. The minimum absolute atomic E-state index is 0. The molecule has 0 unspecified atom stereocenters. The van der Waals surface area contributed by atoms with Crippen molar-refractivity contribution in [2.75, 3.05) is 20.1 Å². The molecule has 162 valence electrons. The molecule has 1 aliphatic heterocycles. The van der Waals surface area contributed by atoms with Gasteiger partial charge in [-0.2, -0.15) is 0 Å². The zero-order valence-corrected chi connectivity index (χ0v) is 20.6. The molecule has 0 radical (unpaired) electrons. The van der Waals surface area contributed by atoms with E-state index in [1.165, 1.54) is 22.3 Å². The second-order valence-corrected chi connectivity index (χ2v) is 7.64. The highest BCUT2D eigenvalue weighted by Crippen LogP contribution is 2.22. The number of hydrogen-bond acceptors (Lipinski definition) is 2. The summed E-state index contributed by atoms with van der Waals surface area (Å²) in [5, 5.41) is 3.36. The summed E-state index contributed by atoms with van der Waals surface area (Å²) in [4.78, 5) is 21.4. The van der Waals surface area contributed by atoms with Crippen molar-refractivity contribution in [1.29, 1.82) is 0 Å². The van der Waals surface area contributed by atoms with Gasteiger partial charge in [0.2, 0.25) is 5.91 Å². The minimum Gasteiger partial charge on any atom is -0.357 e. The van der Waals surface area contributed by atoms with E-state index in [-0.39, 0.29) is 29.9 Å². The molecule has 2 aromatic carbocycles. The van der Waals surface area contributed by atoms with Crippen molar-refractivity contribution in [2.24, 2.45) is 4.99 Å². The van der Waals surface area contributed by atoms with Gasteiger partial charge in [0.1, 0.15) is 0 Å². The molecule has 0 aromatic heterocycles. The fourth-order valence-electron chi connectivity index (χ4n) is 3.67. The normalized spacial score (nSPS) is 12.9. The molecule has 0 spiro atoms. The van der Waals surface area contributed by atoms with Crippen LogP contribution in [0.3, 0.4) is 0 Å². The molecule has 1 aliphatic rings. The predicted molar refractivity (Wildman–Crippen MR) is 134 cm³/mol. The van der Waals surface area contributed by atoms with Crippen LogP contribution in [0.2, 0.25) is 0 Å². The van der Waals surface area contributed by atoms with E-state index in [0.29, 0.717) is 13.0 Å². The molecule has 0 fully saturated rings. The number of carbonyl (C=O) groups excluding carboxylic acids is 1. The summed E-state index contributed by atoms with van der Waals surface area (Å²) in [6, 6.07) is 16.7. The number of nitrogens with one attached hydrogen (secondary N) is 1. The van der Waals surface area contributed by atoms with Crippen molar-refractivity contribution in [1.82, 2.24) is 15.1 Å². The van der Waals surface area contributed by atoms with Crippen LogP contribution in [-0.2, 0) is 24.4 Å². The van der Waals surface area contributed by atoms with E-state index in [0.717, 1.165) is 38.6 Å². The predicted octanol–water partition coefficient (Wildman–Crippen LogP) is 4.33. The van der Waals surface area contributed by atoms with Gasteiger partial charge in [0.05, 0.1) is 0 Å². The molecular weight excluding hydrogens is 487 g/mol. The maximum absolute atomic E-state index is 12.5. The first-order valence-electron chi connectivity index (χ1n) is 10.5. The Morgan fingerprint density at radius 3 is 2.37 bits per heavy atom. The molecule has 0 aliphatic carbocycles. The third kappa shape index (κ3) is 6.45. The van der Waals surface area contributed by atoms with E-state index >= 15 is 0 Å². The highest BCUT2D eigenvalue weighted by molar-refractivity contribution is 14.0. The number of benzene rings is 2. The third-order valence-electron chi connectivity index (χ3n) is 5.37. The maximum Gasteiger partial charge on any atom is 0.223 e. The molecule has 0 bridgehead atoms. The lowest BCUT2D eigenvalue weighted by atomic mass is 10.1. The molecule has 2 aromatic rings. The van der Waals surface area contributed by atoms with Crippen molar-refractivity contribution < 1.29 is 4.79 Å². The van der Waals surface area contributed by atoms with E-state index in [2.05, 4.69) is 67.5 Å². The van der Waals surface area contributed by atoms with Crippen LogP contribution in [0.5, 0.6) is 0 Å². The topological polar surface area (TPSA) is 47.9 Å². The SMILES string of the molecule is CCNC(=NCCCC(=O)N1Cc2ccccc2C1)N(C)Cc1ccccc1C.I. The second-order valence-electron chi connectivity index (χ2n) is 7.64. The summed E-state index contributed by atoms with van der Waals surface area (Å²) in [5.41, 5.74) is 5.12. The molecule has 5 nitrogen and oxygen atoms in total. The minimum atomic E-state index is 0. The quantitative estimate of drug-likeness (QED) is 0.256. The first-order valence-corrected chi connectivity index (χ1v) is 10.5. The Balaban J connectivity index is 0.00000320. The molecule has 6 heteroatoms. The van der Waals surface area contributed by atoms with E-state index in [9.17, 15) is 4.79 Å². The zero-order valence-electron chi connectivity index (χ0n) is 18.2. The Morgan fingerprint density at radius 2 is 1.73 bits per heavy atom. The van der Waals surface area contributed by atoms with Crippen molar-refractivity contribution in [3.63, 3.8) is 0 Å². The van der Waals surface area contributed by atoms with Gasteiger partial charge in [-0.1, -0.05) is 48.5 Å². The van der Waals surface area contributed by atoms with Crippen LogP contribution in [0, 0.1) is 6.92 Å². The standard InChI is InChI=1S/C24H32N4O.HI/c1-4-25-24(27(3)16-20-11-6-5-10-19(20)2)26-15-9-14-23(29)28-17-21-12-7-8-13-22(21)18-28;/h5-8,10-13H,4,9,14-18H2,1-3H3,(H,25,26);1H. The van der Waals surface area contributed by atoms with Crippen LogP contribution < -0.4 is 5.32 Å². The number of rotatable bonds is 7. The Morgan fingerprint density at radius 1 is 1.10 bits per heavy atom. The van der Waals surface area contributed by atoms with Gasteiger partial charge in [-0.05, 0) is 42.5 Å². The largest absolute Gasteiger partial charge is 0.357 e. The van der Waals surface area contributed by atoms with Crippen LogP contribution in [-0.4, -0.2) is 41.8 Å². The number of amides is 1. The number of fused-ring (bicyclic) bond motifs is 1. The third-order valence-corrected chi connectivity index (χ3v) is 5.37. The highest BCUT2D eigenvalue weighted by Gasteiger charge is 2.22. The first-order chi connectivity index (χ1) is 14.1. The molecule has 0 saturated heterocycles. The zero-order chi connectivity index (χ0) is 20.6. The van der Waals surface area contributed by atoms with Crippen LogP contribution in [0.15, 0.2) is 53.5 Å².